The number of ether oxygens (including phenoxy) is 1. The number of rotatable bonds is 4. The van der Waals surface area contributed by atoms with Crippen LogP contribution in [0.2, 0.25) is 0 Å². The zero-order valence-electron chi connectivity index (χ0n) is 13.0. The zero-order valence-corrected chi connectivity index (χ0v) is 13.0. The van der Waals surface area contributed by atoms with E-state index in [0.29, 0.717) is 12.2 Å². The molecule has 110 valence electrons. The molecule has 0 radical (unpaired) electrons. The van der Waals surface area contributed by atoms with Crippen LogP contribution in [0.1, 0.15) is 34.0 Å². The van der Waals surface area contributed by atoms with Crippen molar-refractivity contribution in [2.45, 2.75) is 27.7 Å². The van der Waals surface area contributed by atoms with Crippen LogP contribution >= 0.6 is 0 Å². The Morgan fingerprint density at radius 1 is 1.00 bits per heavy atom. The predicted octanol–water partition coefficient (Wildman–Crippen LogP) is 4.26. The number of benzene rings is 2. The van der Waals surface area contributed by atoms with Crippen molar-refractivity contribution in [1.29, 1.82) is 0 Å². The van der Waals surface area contributed by atoms with Gasteiger partial charge in [-0.15, -0.1) is 0 Å². The van der Waals surface area contributed by atoms with E-state index in [0.717, 1.165) is 22.6 Å². The smallest absolute Gasteiger partial charge is 0.255 e. The minimum Gasteiger partial charge on any atom is -0.494 e. The monoisotopic (exact) mass is 283 g/mol. The minimum absolute atomic E-state index is 0.107. The highest BCUT2D eigenvalue weighted by Crippen LogP contribution is 2.20. The molecule has 3 heteroatoms. The first-order valence-corrected chi connectivity index (χ1v) is 7.13. The maximum absolute atomic E-state index is 12.3. The van der Waals surface area contributed by atoms with Gasteiger partial charge in [0.15, 0.2) is 0 Å². The van der Waals surface area contributed by atoms with Crippen LogP contribution in [0.3, 0.4) is 0 Å². The van der Waals surface area contributed by atoms with Gasteiger partial charge in [0.05, 0.1) is 6.61 Å². The number of aryl methyl sites for hydroxylation is 3. The minimum atomic E-state index is -0.107. The Morgan fingerprint density at radius 2 is 1.76 bits per heavy atom. The van der Waals surface area contributed by atoms with Gasteiger partial charge in [-0.25, -0.2) is 0 Å². The number of hydrogen-bond donors (Lipinski definition) is 1. The van der Waals surface area contributed by atoms with Gasteiger partial charge >= 0.3 is 0 Å². The molecule has 0 unspecified atom stereocenters. The normalized spacial score (nSPS) is 10.3. The third-order valence-electron chi connectivity index (χ3n) is 3.50. The Bertz CT molecular complexity index is 662. The first kappa shape index (κ1) is 15.1. The fourth-order valence-electron chi connectivity index (χ4n) is 2.13. The summed E-state index contributed by atoms with van der Waals surface area (Å²) in [6.45, 7) is 8.59. The van der Waals surface area contributed by atoms with Crippen molar-refractivity contribution < 1.29 is 9.53 Å². The lowest BCUT2D eigenvalue weighted by molar-refractivity contribution is 0.102. The van der Waals surface area contributed by atoms with Crippen molar-refractivity contribution in [2.75, 3.05) is 11.9 Å². The van der Waals surface area contributed by atoms with E-state index in [9.17, 15) is 4.79 Å². The SMILES string of the molecule is CCOc1ccc(C(=O)Nc2ccc(C)c(C)c2)cc1C. The molecular formula is C18H21NO2. The Hall–Kier alpha value is -2.29. The van der Waals surface area contributed by atoms with Crippen LogP contribution < -0.4 is 10.1 Å². The molecule has 0 heterocycles. The summed E-state index contributed by atoms with van der Waals surface area (Å²) in [7, 11) is 0. The molecule has 2 aromatic rings. The van der Waals surface area contributed by atoms with Crippen molar-refractivity contribution in [2.24, 2.45) is 0 Å². The molecule has 1 N–H and O–H groups in total. The van der Waals surface area contributed by atoms with E-state index in [-0.39, 0.29) is 5.91 Å². The second-order valence-electron chi connectivity index (χ2n) is 5.17. The molecule has 0 saturated heterocycles. The van der Waals surface area contributed by atoms with Gasteiger partial charge in [0.1, 0.15) is 5.75 Å². The highest BCUT2D eigenvalue weighted by molar-refractivity contribution is 6.04. The van der Waals surface area contributed by atoms with Gasteiger partial charge in [-0.3, -0.25) is 4.79 Å². The van der Waals surface area contributed by atoms with E-state index in [2.05, 4.69) is 12.2 Å². The molecular weight excluding hydrogens is 262 g/mol. The number of anilines is 1. The Labute approximate surface area is 126 Å². The molecule has 0 fully saturated rings. The van der Waals surface area contributed by atoms with Crippen molar-refractivity contribution in [3.05, 3.63) is 58.7 Å². The van der Waals surface area contributed by atoms with Gasteiger partial charge in [-0.05, 0) is 74.7 Å². The van der Waals surface area contributed by atoms with Crippen LogP contribution in [0.4, 0.5) is 5.69 Å². The lowest BCUT2D eigenvalue weighted by Crippen LogP contribution is -2.12. The average molecular weight is 283 g/mol. The van der Waals surface area contributed by atoms with Gasteiger partial charge < -0.3 is 10.1 Å². The van der Waals surface area contributed by atoms with Crippen molar-refractivity contribution in [1.82, 2.24) is 0 Å². The van der Waals surface area contributed by atoms with Gasteiger partial charge in [0.2, 0.25) is 0 Å². The van der Waals surface area contributed by atoms with Crippen LogP contribution in [0.25, 0.3) is 0 Å². The summed E-state index contributed by atoms with van der Waals surface area (Å²) < 4.78 is 5.49. The molecule has 3 nitrogen and oxygen atoms in total. The number of nitrogens with one attached hydrogen (secondary N) is 1. The molecule has 0 atom stereocenters. The summed E-state index contributed by atoms with van der Waals surface area (Å²) in [6.07, 6.45) is 0. The molecule has 0 aromatic heterocycles. The summed E-state index contributed by atoms with van der Waals surface area (Å²) in [5.74, 6) is 0.713. The number of carbonyl (C=O) groups is 1. The first-order chi connectivity index (χ1) is 10.0. The summed E-state index contributed by atoms with van der Waals surface area (Å²) >= 11 is 0. The summed E-state index contributed by atoms with van der Waals surface area (Å²) in [4.78, 5) is 12.3. The fraction of sp³-hybridized carbons (Fsp3) is 0.278. The summed E-state index contributed by atoms with van der Waals surface area (Å²) in [6, 6.07) is 11.4. The second-order valence-corrected chi connectivity index (χ2v) is 5.17. The average Bonchev–Trinajstić information content (AvgIpc) is 2.45. The Kier molecular flexibility index (Phi) is 4.63. The summed E-state index contributed by atoms with van der Waals surface area (Å²) in [5, 5.41) is 2.93. The molecule has 2 rings (SSSR count). The molecule has 2 aromatic carbocycles. The molecule has 0 bridgehead atoms. The van der Waals surface area contributed by atoms with Gasteiger partial charge in [0, 0.05) is 11.3 Å². The zero-order chi connectivity index (χ0) is 15.4. The van der Waals surface area contributed by atoms with Crippen molar-refractivity contribution in [3.63, 3.8) is 0 Å². The maximum Gasteiger partial charge on any atom is 0.255 e. The number of hydrogen-bond acceptors (Lipinski definition) is 2. The molecule has 0 spiro atoms. The quantitative estimate of drug-likeness (QED) is 0.910. The van der Waals surface area contributed by atoms with Gasteiger partial charge in [0.25, 0.3) is 5.91 Å². The van der Waals surface area contributed by atoms with Crippen LogP contribution in [0, 0.1) is 20.8 Å². The maximum atomic E-state index is 12.3. The van der Waals surface area contributed by atoms with E-state index in [1.165, 1.54) is 5.56 Å². The number of carbonyl (C=O) groups excluding carboxylic acids is 1. The second kappa shape index (κ2) is 6.44. The van der Waals surface area contributed by atoms with E-state index in [4.69, 9.17) is 4.74 Å². The predicted molar refractivity (Wildman–Crippen MR) is 86.2 cm³/mol. The molecule has 0 aliphatic rings. The topological polar surface area (TPSA) is 38.3 Å². The third kappa shape index (κ3) is 3.63. The summed E-state index contributed by atoms with van der Waals surface area (Å²) in [5.41, 5.74) is 4.79. The largest absolute Gasteiger partial charge is 0.494 e. The van der Waals surface area contributed by atoms with Crippen molar-refractivity contribution in [3.8, 4) is 5.75 Å². The lowest BCUT2D eigenvalue weighted by atomic mass is 10.1. The first-order valence-electron chi connectivity index (χ1n) is 7.13. The van der Waals surface area contributed by atoms with E-state index in [1.807, 2.05) is 51.1 Å². The van der Waals surface area contributed by atoms with Gasteiger partial charge in [-0.2, -0.15) is 0 Å². The molecule has 0 saturated carbocycles. The van der Waals surface area contributed by atoms with Gasteiger partial charge in [-0.1, -0.05) is 6.07 Å². The standard InChI is InChI=1S/C18H21NO2/c1-5-21-17-9-7-15(10-14(17)4)18(20)19-16-8-6-12(2)13(3)11-16/h6-11H,5H2,1-4H3,(H,19,20). The van der Waals surface area contributed by atoms with E-state index >= 15 is 0 Å². The lowest BCUT2D eigenvalue weighted by Gasteiger charge is -2.10. The Morgan fingerprint density at radius 3 is 2.38 bits per heavy atom. The molecule has 1 amide bonds. The van der Waals surface area contributed by atoms with Crippen LogP contribution in [0.5, 0.6) is 5.75 Å². The van der Waals surface area contributed by atoms with Crippen molar-refractivity contribution >= 4 is 11.6 Å². The molecule has 21 heavy (non-hydrogen) atoms. The number of amides is 1. The highest BCUT2D eigenvalue weighted by atomic mass is 16.5. The van der Waals surface area contributed by atoms with Crippen LogP contribution in [-0.4, -0.2) is 12.5 Å². The van der Waals surface area contributed by atoms with E-state index in [1.54, 1.807) is 6.07 Å². The highest BCUT2D eigenvalue weighted by Gasteiger charge is 2.09. The molecule has 0 aliphatic heterocycles. The van der Waals surface area contributed by atoms with Crippen LogP contribution in [-0.2, 0) is 0 Å². The van der Waals surface area contributed by atoms with Crippen LogP contribution in [0.15, 0.2) is 36.4 Å². The third-order valence-corrected chi connectivity index (χ3v) is 3.50. The Balaban J connectivity index is 2.16. The fourth-order valence-corrected chi connectivity index (χ4v) is 2.13. The molecule has 0 aliphatic carbocycles. The van der Waals surface area contributed by atoms with E-state index < -0.39 is 0 Å².